The molecule has 6 heterocycles. The van der Waals surface area contributed by atoms with Crippen molar-refractivity contribution in [1.29, 1.82) is 0 Å². The number of morpholine rings is 2. The molecule has 0 atom stereocenters. The van der Waals surface area contributed by atoms with Crippen molar-refractivity contribution in [3.63, 3.8) is 0 Å². The van der Waals surface area contributed by atoms with E-state index in [2.05, 4.69) is 67.7 Å². The van der Waals surface area contributed by atoms with E-state index in [1.165, 1.54) is 135 Å². The number of methoxy groups -OCH3 is 5. The van der Waals surface area contributed by atoms with E-state index < -0.39 is 5.97 Å². The number of phenolic OH excluding ortho intramolecular Hbond substituents is 2. The fourth-order valence-electron chi connectivity index (χ4n) is 8.77. The number of alkyl halides is 1. The van der Waals surface area contributed by atoms with Crippen LogP contribution in [0.3, 0.4) is 0 Å². The van der Waals surface area contributed by atoms with Crippen molar-refractivity contribution in [2.24, 2.45) is 0 Å². The Kier molecular flexibility index (Phi) is 36.3. The minimum Gasteiger partial charge on any atom is -0.504 e. The van der Waals surface area contributed by atoms with Gasteiger partial charge < -0.3 is 73.5 Å². The van der Waals surface area contributed by atoms with Crippen LogP contribution in [0.1, 0.15) is 41.4 Å². The second kappa shape index (κ2) is 45.1. The maximum absolute atomic E-state index is 12.7. The van der Waals surface area contributed by atoms with Gasteiger partial charge in [0.25, 0.3) is 23.6 Å². The van der Waals surface area contributed by atoms with E-state index in [4.69, 9.17) is 65.1 Å². The number of nitrogens with two attached hydrogens (primary N) is 1. The third kappa shape index (κ3) is 27.4. The van der Waals surface area contributed by atoms with Crippen LogP contribution >= 0.6 is 106 Å². The largest absolute Gasteiger partial charge is 0.504 e. The number of thiazole rings is 4. The number of benzene rings is 6. The Hall–Kier alpha value is -9.53. The van der Waals surface area contributed by atoms with Gasteiger partial charge >= 0.3 is 5.97 Å². The molecule has 2 aliphatic heterocycles. The fourth-order valence-corrected chi connectivity index (χ4v) is 12.7. The molecule has 2 aliphatic rings. The van der Waals surface area contributed by atoms with Crippen molar-refractivity contribution in [3.8, 4) is 66.9 Å². The van der Waals surface area contributed by atoms with E-state index in [1.807, 2.05) is 60.7 Å². The highest BCUT2D eigenvalue weighted by Crippen LogP contribution is 2.35. The van der Waals surface area contributed by atoms with Gasteiger partial charge in [0, 0.05) is 62.4 Å². The number of hydrogen-bond acceptors (Lipinski definition) is 26. The molecule has 12 rings (SSSR count). The summed E-state index contributed by atoms with van der Waals surface area (Å²) in [5.41, 5.74) is 8.66. The molecular weight excluding hydrogens is 1670 g/mol. The van der Waals surface area contributed by atoms with Crippen LogP contribution in [0.15, 0.2) is 166 Å². The highest BCUT2D eigenvalue weighted by atomic mass is 79.9. The average molecular weight is 1740 g/mol. The molecule has 28 nitrogen and oxygen atoms in total. The van der Waals surface area contributed by atoms with Crippen LogP contribution in [-0.2, 0) is 23.8 Å². The van der Waals surface area contributed by atoms with E-state index in [0.29, 0.717) is 113 Å². The van der Waals surface area contributed by atoms with E-state index in [1.54, 1.807) is 52.8 Å². The molecule has 2 saturated heterocycles. The molecule has 10 aromatic rings. The lowest BCUT2D eigenvalue weighted by atomic mass is 10.2. The first-order chi connectivity index (χ1) is 50.7. The Bertz CT molecular complexity index is 4440. The first kappa shape index (κ1) is 85.4. The summed E-state index contributed by atoms with van der Waals surface area (Å²) in [5.74, 6) is 0.104. The Morgan fingerprint density at radius 2 is 0.887 bits per heavy atom. The number of aromatic carboxylic acids is 1. The predicted molar refractivity (Wildman–Crippen MR) is 419 cm³/mol. The van der Waals surface area contributed by atoms with Crippen molar-refractivity contribution < 1.29 is 86.7 Å². The number of carboxylic acids is 1. The van der Waals surface area contributed by atoms with Gasteiger partial charge in [0.1, 0.15) is 5.88 Å². The molecule has 0 bridgehead atoms. The molecule has 0 saturated carbocycles. The number of aromatic hydroxyl groups is 2. The second-order valence-corrected chi connectivity index (χ2v) is 28.1. The molecule has 6 aromatic carbocycles. The summed E-state index contributed by atoms with van der Waals surface area (Å²) in [6.07, 6.45) is 6.75. The van der Waals surface area contributed by atoms with Gasteiger partial charge in [-0.15, -0.1) is 28.6 Å². The molecule has 2 fully saturated rings. The SMILES string of the molecule is Br.COCOc1ccc(C(=O)O)cc1OC.COc1cc(C(=O)Nc2ncc(-c3ccccc3)s2)ccc1O.COc1cc(C(=O)Nc2ncc(-c3ccccc3)s2)ccc1OCC(=O)N1CCOCC1.COc1cc(C(=O)Nc2ncc(Br)s2)ccc1O.Nc1ncc(Br)s1.O=C(CCl)N1CCOCC1. The van der Waals surface area contributed by atoms with Gasteiger partial charge in [-0.25, -0.2) is 24.7 Å². The van der Waals surface area contributed by atoms with Crippen LogP contribution < -0.4 is 50.1 Å². The van der Waals surface area contributed by atoms with Crippen LogP contribution in [0.25, 0.3) is 20.9 Å². The van der Waals surface area contributed by atoms with Gasteiger partial charge in [0.15, 0.2) is 79.9 Å². The lowest BCUT2D eigenvalue weighted by Crippen LogP contribution is -2.43. The standard InChI is InChI=1S/C23H23N3O5S.C17H14N2O3S.C11H9BrN2O3S.C10H12O5.C6H10ClNO2.C3H3BrN2S.BrH/c1-29-19-13-17(7-8-18(19)31-15-21(27)26-9-11-30-12-10-26)22(28)25-23-24-14-20(32-23)16-5-3-2-4-6-16;1-22-14-9-12(7-8-13(14)20)16(21)19-17-18-10-15(23-17)11-5-3-2-4-6-11;1-17-8-4-6(2-3-7(8)15)10(16)14-11-13-5-9(12)18-11;1-13-6-15-8-4-3-7(10(11)12)5-9(8)14-2;7-5-6(9)8-1-3-10-4-2-8;4-2-1-6-3(5)7-2;/h2-8,13-14H,9-12,15H2,1H3,(H,24,25,28);2-10,20H,1H3,(H,18,19,21);2-5,15H,1H3,(H,13,14,16);3-5H,6H2,1-2H3,(H,11,12);1-5H2;1H,(H2,5,6);1H. The third-order valence-corrected chi connectivity index (χ3v) is 18.9. The number of phenols is 2. The van der Waals surface area contributed by atoms with E-state index in [-0.39, 0.29) is 94.4 Å². The van der Waals surface area contributed by atoms with Crippen molar-refractivity contribution in [3.05, 3.63) is 188 Å². The van der Waals surface area contributed by atoms with Gasteiger partial charge in [-0.2, -0.15) is 0 Å². The first-order valence-electron chi connectivity index (χ1n) is 31.0. The molecule has 5 amide bonds. The minimum atomic E-state index is -1.01. The van der Waals surface area contributed by atoms with Crippen molar-refractivity contribution in [2.75, 3.05) is 129 Å². The maximum Gasteiger partial charge on any atom is 0.335 e. The number of nitrogens with one attached hydrogen (secondary N) is 3. The Labute approximate surface area is 657 Å². The van der Waals surface area contributed by atoms with Crippen LogP contribution in [0.4, 0.5) is 20.5 Å². The highest BCUT2D eigenvalue weighted by Gasteiger charge is 2.21. The lowest BCUT2D eigenvalue weighted by molar-refractivity contribution is -0.137. The Morgan fingerprint density at radius 3 is 1.27 bits per heavy atom. The maximum atomic E-state index is 12.7. The number of rotatable bonds is 20. The summed E-state index contributed by atoms with van der Waals surface area (Å²) in [6, 6.07) is 37.7. The van der Waals surface area contributed by atoms with Crippen LogP contribution in [0.2, 0.25) is 0 Å². The number of halogens is 4. The number of carbonyl (C=O) groups is 6. The topological polar surface area (TPSA) is 366 Å². The van der Waals surface area contributed by atoms with Crippen molar-refractivity contribution >= 4 is 162 Å². The van der Waals surface area contributed by atoms with Gasteiger partial charge in [0.05, 0.1) is 90.2 Å². The van der Waals surface area contributed by atoms with Crippen LogP contribution in [0, 0.1) is 0 Å². The van der Waals surface area contributed by atoms with Crippen molar-refractivity contribution in [2.45, 2.75) is 0 Å². The van der Waals surface area contributed by atoms with E-state index in [0.717, 1.165) is 28.5 Å². The van der Waals surface area contributed by atoms with Gasteiger partial charge in [-0.3, -0.25) is 39.9 Å². The molecule has 8 N–H and O–H groups in total. The molecule has 106 heavy (non-hydrogen) atoms. The summed E-state index contributed by atoms with van der Waals surface area (Å²) in [6.45, 7) is 4.81. The van der Waals surface area contributed by atoms with Gasteiger partial charge in [0.2, 0.25) is 5.91 Å². The fraction of sp³-hybridized carbons (Fsp3) is 0.229. The Balaban J connectivity index is 0.000000211. The highest BCUT2D eigenvalue weighted by molar-refractivity contribution is 9.11. The summed E-state index contributed by atoms with van der Waals surface area (Å²) in [7, 11) is 7.29. The normalized spacial score (nSPS) is 11.8. The van der Waals surface area contributed by atoms with Gasteiger partial charge in [-0.05, 0) is 116 Å². The number of nitrogen functional groups attached to an aromatic ring is 1. The molecule has 562 valence electrons. The van der Waals surface area contributed by atoms with E-state index in [9.17, 15) is 39.0 Å². The summed E-state index contributed by atoms with van der Waals surface area (Å²) < 4.78 is 48.0. The zero-order valence-electron chi connectivity index (χ0n) is 57.2. The number of amides is 5. The number of ether oxygens (including phenoxy) is 9. The Morgan fingerprint density at radius 1 is 0.500 bits per heavy atom. The van der Waals surface area contributed by atoms with E-state index >= 15 is 0 Å². The molecule has 0 unspecified atom stereocenters. The number of carboxylic acid groups (broad SMARTS) is 1. The molecule has 0 spiro atoms. The smallest absolute Gasteiger partial charge is 0.335 e. The summed E-state index contributed by atoms with van der Waals surface area (Å²) >= 11 is 17.4. The molecule has 36 heteroatoms. The number of anilines is 4. The minimum absolute atomic E-state index is 0. The van der Waals surface area contributed by atoms with Crippen LogP contribution in [-0.4, -0.2) is 188 Å². The number of nitrogens with zero attached hydrogens (tertiary/aromatic N) is 6. The van der Waals surface area contributed by atoms with Crippen LogP contribution in [0.5, 0.6) is 46.0 Å². The number of carbonyl (C=O) groups excluding carboxylic acids is 5. The van der Waals surface area contributed by atoms with Gasteiger partial charge in [-0.1, -0.05) is 106 Å². The zero-order chi connectivity index (χ0) is 75.6. The lowest BCUT2D eigenvalue weighted by Gasteiger charge is -2.26. The number of aromatic nitrogens is 4. The first-order valence-corrected chi connectivity index (χ1v) is 36.4. The quantitative estimate of drug-likeness (QED) is 0.0275. The summed E-state index contributed by atoms with van der Waals surface area (Å²) in [4.78, 5) is 92.4. The molecule has 0 radical (unpaired) electrons. The molecule has 0 aliphatic carbocycles. The van der Waals surface area contributed by atoms with Crippen molar-refractivity contribution in [1.82, 2.24) is 29.7 Å². The summed E-state index contributed by atoms with van der Waals surface area (Å²) in [5, 5.41) is 38.1. The predicted octanol–water partition coefficient (Wildman–Crippen LogP) is 13.5. The monoisotopic (exact) mass is 1740 g/mol. The number of hydrogen-bond donors (Lipinski definition) is 7. The molecular formula is C70H72Br3ClN10O18S4. The average Bonchev–Trinajstić information content (AvgIpc) is 1.62. The molecule has 4 aromatic heterocycles. The second-order valence-electron chi connectivity index (χ2n) is 20.9. The zero-order valence-corrected chi connectivity index (χ0v) is 66.1. The third-order valence-electron chi connectivity index (χ3n) is 14.0.